The van der Waals surface area contributed by atoms with E-state index in [0.29, 0.717) is 32.8 Å². The van der Waals surface area contributed by atoms with Crippen LogP contribution >= 0.6 is 11.3 Å². The summed E-state index contributed by atoms with van der Waals surface area (Å²) >= 11 is 1.64. The highest BCUT2D eigenvalue weighted by atomic mass is 32.1. The van der Waals surface area contributed by atoms with Crippen LogP contribution in [-0.2, 0) is 16.1 Å². The number of thiophene rings is 1. The summed E-state index contributed by atoms with van der Waals surface area (Å²) in [5.74, 6) is -0.114. The summed E-state index contributed by atoms with van der Waals surface area (Å²) in [7, 11) is 0. The van der Waals surface area contributed by atoms with Crippen LogP contribution in [0.1, 0.15) is 33.6 Å². The average Bonchev–Trinajstić information content (AvgIpc) is 3.35. The van der Waals surface area contributed by atoms with Gasteiger partial charge in [-0.2, -0.15) is 0 Å². The van der Waals surface area contributed by atoms with Crippen molar-refractivity contribution in [3.8, 4) is 0 Å². The molecule has 0 aliphatic carbocycles. The second kappa shape index (κ2) is 8.05. The van der Waals surface area contributed by atoms with Crippen molar-refractivity contribution in [2.45, 2.75) is 26.3 Å². The first-order valence-corrected chi connectivity index (χ1v) is 10.7. The Kier molecular flexibility index (Phi) is 5.51. The lowest BCUT2D eigenvalue weighted by Gasteiger charge is -2.37. The van der Waals surface area contributed by atoms with E-state index in [1.807, 2.05) is 53.6 Å². The lowest BCUT2D eigenvalue weighted by atomic mass is 9.72. The predicted octanol–water partition coefficient (Wildman–Crippen LogP) is 3.24. The van der Waals surface area contributed by atoms with Gasteiger partial charge in [-0.15, -0.1) is 11.3 Å². The molecule has 1 aromatic heterocycles. The summed E-state index contributed by atoms with van der Waals surface area (Å²) in [6.45, 7) is 4.91. The van der Waals surface area contributed by atoms with Gasteiger partial charge < -0.3 is 15.0 Å². The van der Waals surface area contributed by atoms with E-state index in [4.69, 9.17) is 4.74 Å². The van der Waals surface area contributed by atoms with Crippen LogP contribution in [-0.4, -0.2) is 43.0 Å². The van der Waals surface area contributed by atoms with Crippen molar-refractivity contribution in [1.82, 2.24) is 10.2 Å². The minimum Gasteiger partial charge on any atom is -0.381 e. The van der Waals surface area contributed by atoms with Gasteiger partial charge in [0.05, 0.1) is 12.5 Å². The van der Waals surface area contributed by atoms with Crippen LogP contribution in [0, 0.1) is 18.3 Å². The Morgan fingerprint density at radius 1 is 1.21 bits per heavy atom. The first kappa shape index (κ1) is 19.2. The van der Waals surface area contributed by atoms with Crippen LogP contribution in [0.3, 0.4) is 0 Å². The van der Waals surface area contributed by atoms with E-state index >= 15 is 0 Å². The number of aryl methyl sites for hydroxylation is 1. The normalized spacial score (nSPS) is 21.0. The van der Waals surface area contributed by atoms with Gasteiger partial charge in [0.1, 0.15) is 0 Å². The molecule has 2 fully saturated rings. The number of carbonyl (C=O) groups excluding carboxylic acids is 2. The SMILES string of the molecule is Cc1ccccc1C(=O)N1C[C@@H](C(=O)NCc2cccs2)C2(CCOCC2)C1. The molecule has 2 aliphatic rings. The van der Waals surface area contributed by atoms with Crippen molar-refractivity contribution in [2.75, 3.05) is 26.3 Å². The van der Waals surface area contributed by atoms with Crippen molar-refractivity contribution < 1.29 is 14.3 Å². The zero-order valence-corrected chi connectivity index (χ0v) is 17.0. The van der Waals surface area contributed by atoms with Gasteiger partial charge >= 0.3 is 0 Å². The molecule has 5 nitrogen and oxygen atoms in total. The average molecular weight is 399 g/mol. The van der Waals surface area contributed by atoms with Crippen LogP contribution in [0.2, 0.25) is 0 Å². The van der Waals surface area contributed by atoms with E-state index in [1.165, 1.54) is 0 Å². The maximum absolute atomic E-state index is 13.2. The highest BCUT2D eigenvalue weighted by molar-refractivity contribution is 7.09. The Morgan fingerprint density at radius 2 is 2.00 bits per heavy atom. The number of carbonyl (C=O) groups is 2. The van der Waals surface area contributed by atoms with Gasteiger partial charge in [0, 0.05) is 42.2 Å². The highest BCUT2D eigenvalue weighted by Gasteiger charge is 2.51. The zero-order chi connectivity index (χ0) is 19.6. The Hall–Kier alpha value is -2.18. The fourth-order valence-electron chi connectivity index (χ4n) is 4.46. The predicted molar refractivity (Wildman–Crippen MR) is 109 cm³/mol. The molecule has 1 N–H and O–H groups in total. The van der Waals surface area contributed by atoms with E-state index in [9.17, 15) is 9.59 Å². The number of amides is 2. The van der Waals surface area contributed by atoms with E-state index in [0.717, 1.165) is 28.8 Å². The molecule has 0 radical (unpaired) electrons. The van der Waals surface area contributed by atoms with Gasteiger partial charge in [0.2, 0.25) is 5.91 Å². The van der Waals surface area contributed by atoms with Gasteiger partial charge in [-0.25, -0.2) is 0 Å². The first-order chi connectivity index (χ1) is 13.6. The number of nitrogens with one attached hydrogen (secondary N) is 1. The van der Waals surface area contributed by atoms with Gasteiger partial charge in [-0.05, 0) is 42.8 Å². The van der Waals surface area contributed by atoms with Crippen LogP contribution in [0.5, 0.6) is 0 Å². The molecule has 0 unspecified atom stereocenters. The molecule has 28 heavy (non-hydrogen) atoms. The molecular weight excluding hydrogens is 372 g/mol. The number of ether oxygens (including phenoxy) is 1. The molecule has 6 heteroatoms. The molecule has 148 valence electrons. The Morgan fingerprint density at radius 3 is 2.71 bits per heavy atom. The van der Waals surface area contributed by atoms with E-state index in [2.05, 4.69) is 5.32 Å². The first-order valence-electron chi connectivity index (χ1n) is 9.82. The van der Waals surface area contributed by atoms with E-state index < -0.39 is 0 Å². The molecule has 2 aromatic rings. The standard InChI is InChI=1S/C22H26N2O3S/c1-16-5-2-3-7-18(16)21(26)24-14-19(22(15-24)8-10-27-11-9-22)20(25)23-13-17-6-4-12-28-17/h2-7,12,19H,8-11,13-15H2,1H3,(H,23,25)/t19-/m0/s1. The van der Waals surface area contributed by atoms with E-state index in [1.54, 1.807) is 11.3 Å². The second-order valence-electron chi connectivity index (χ2n) is 7.83. The molecule has 0 saturated carbocycles. The molecule has 2 saturated heterocycles. The number of hydrogen-bond donors (Lipinski definition) is 1. The minimum absolute atomic E-state index is 0.0255. The minimum atomic E-state index is -0.190. The smallest absolute Gasteiger partial charge is 0.254 e. The monoisotopic (exact) mass is 398 g/mol. The lowest BCUT2D eigenvalue weighted by molar-refractivity contribution is -0.130. The summed E-state index contributed by atoms with van der Waals surface area (Å²) in [5, 5.41) is 5.12. The summed E-state index contributed by atoms with van der Waals surface area (Å²) < 4.78 is 5.57. The third-order valence-electron chi connectivity index (χ3n) is 6.13. The summed E-state index contributed by atoms with van der Waals surface area (Å²) in [6.07, 6.45) is 1.64. The van der Waals surface area contributed by atoms with Crippen LogP contribution < -0.4 is 5.32 Å². The highest BCUT2D eigenvalue weighted by Crippen LogP contribution is 2.45. The summed E-state index contributed by atoms with van der Waals surface area (Å²) in [4.78, 5) is 29.3. The maximum atomic E-state index is 13.2. The topological polar surface area (TPSA) is 58.6 Å². The Bertz CT molecular complexity index is 843. The number of likely N-dealkylation sites (tertiary alicyclic amines) is 1. The zero-order valence-electron chi connectivity index (χ0n) is 16.1. The van der Waals surface area contributed by atoms with Gasteiger partial charge in [-0.1, -0.05) is 24.3 Å². The van der Waals surface area contributed by atoms with Crippen molar-refractivity contribution in [3.05, 3.63) is 57.8 Å². The van der Waals surface area contributed by atoms with Gasteiger partial charge in [0.15, 0.2) is 0 Å². The molecule has 4 rings (SSSR count). The fraction of sp³-hybridized carbons (Fsp3) is 0.455. The van der Waals surface area contributed by atoms with Crippen LogP contribution in [0.4, 0.5) is 0 Å². The number of hydrogen-bond acceptors (Lipinski definition) is 4. The van der Waals surface area contributed by atoms with Crippen molar-refractivity contribution in [3.63, 3.8) is 0 Å². The van der Waals surface area contributed by atoms with E-state index in [-0.39, 0.29) is 23.1 Å². The molecular formula is C22H26N2O3S. The van der Waals surface area contributed by atoms with Gasteiger partial charge in [-0.3, -0.25) is 9.59 Å². The molecule has 3 heterocycles. The lowest BCUT2D eigenvalue weighted by Crippen LogP contribution is -2.44. The number of benzene rings is 1. The van der Waals surface area contributed by atoms with Crippen LogP contribution in [0.15, 0.2) is 41.8 Å². The molecule has 2 aliphatic heterocycles. The number of nitrogens with zero attached hydrogens (tertiary/aromatic N) is 1. The quantitative estimate of drug-likeness (QED) is 0.860. The third kappa shape index (κ3) is 3.71. The molecule has 1 aromatic carbocycles. The Balaban J connectivity index is 1.53. The third-order valence-corrected chi connectivity index (χ3v) is 7.01. The Labute approximate surface area is 169 Å². The number of rotatable bonds is 4. The fourth-order valence-corrected chi connectivity index (χ4v) is 5.11. The molecule has 1 spiro atoms. The largest absolute Gasteiger partial charge is 0.381 e. The van der Waals surface area contributed by atoms with Crippen molar-refractivity contribution in [1.29, 1.82) is 0 Å². The van der Waals surface area contributed by atoms with Crippen LogP contribution in [0.25, 0.3) is 0 Å². The maximum Gasteiger partial charge on any atom is 0.254 e. The summed E-state index contributed by atoms with van der Waals surface area (Å²) in [6, 6.07) is 11.7. The molecule has 1 atom stereocenters. The molecule has 2 amide bonds. The van der Waals surface area contributed by atoms with Gasteiger partial charge in [0.25, 0.3) is 5.91 Å². The van der Waals surface area contributed by atoms with Crippen molar-refractivity contribution in [2.24, 2.45) is 11.3 Å². The van der Waals surface area contributed by atoms with Crippen molar-refractivity contribution >= 4 is 23.2 Å². The second-order valence-corrected chi connectivity index (χ2v) is 8.86. The molecule has 0 bridgehead atoms. The summed E-state index contributed by atoms with van der Waals surface area (Å²) in [5.41, 5.74) is 1.51.